The van der Waals surface area contributed by atoms with Crippen LogP contribution < -0.4 is 5.73 Å². The summed E-state index contributed by atoms with van der Waals surface area (Å²) in [5, 5.41) is 0. The van der Waals surface area contributed by atoms with Gasteiger partial charge >= 0.3 is 0 Å². The minimum atomic E-state index is -0.372. The Balaban J connectivity index is 2.60. The van der Waals surface area contributed by atoms with Gasteiger partial charge in [0.05, 0.1) is 6.42 Å². The first kappa shape index (κ1) is 12.5. The molecule has 0 aliphatic heterocycles. The van der Waals surface area contributed by atoms with Gasteiger partial charge in [0.1, 0.15) is 0 Å². The summed E-state index contributed by atoms with van der Waals surface area (Å²) in [5.74, 6) is -0.357. The summed E-state index contributed by atoms with van der Waals surface area (Å²) in [6.07, 6.45) is 3.43. The van der Waals surface area contributed by atoms with Crippen LogP contribution in [0.1, 0.15) is 11.4 Å². The predicted octanol–water partition coefficient (Wildman–Crippen LogP) is 0.675. The lowest BCUT2D eigenvalue weighted by Gasteiger charge is -2.06. The molecule has 0 atom stereocenters. The Morgan fingerprint density at radius 3 is 2.75 bits per heavy atom. The van der Waals surface area contributed by atoms with E-state index in [1.54, 1.807) is 20.3 Å². The Morgan fingerprint density at radius 2 is 2.19 bits per heavy atom. The number of H-pyrrole nitrogens is 1. The van der Waals surface area contributed by atoms with Gasteiger partial charge in [0.2, 0.25) is 5.91 Å². The van der Waals surface area contributed by atoms with Crippen molar-refractivity contribution >= 4 is 12.0 Å². The summed E-state index contributed by atoms with van der Waals surface area (Å²) < 4.78 is 9.99. The number of aromatic nitrogens is 1. The highest BCUT2D eigenvalue weighted by Crippen LogP contribution is 2.06. The zero-order valence-electron chi connectivity index (χ0n) is 9.40. The minimum Gasteiger partial charge on any atom is -0.369 e. The van der Waals surface area contributed by atoms with E-state index in [1.165, 1.54) is 0 Å². The van der Waals surface area contributed by atoms with E-state index in [4.69, 9.17) is 15.2 Å². The van der Waals surface area contributed by atoms with Crippen molar-refractivity contribution in [2.24, 2.45) is 5.73 Å². The van der Waals surface area contributed by atoms with Gasteiger partial charge in [-0.1, -0.05) is 0 Å². The smallest absolute Gasteiger partial charge is 0.223 e. The van der Waals surface area contributed by atoms with Crippen LogP contribution in [0.3, 0.4) is 0 Å². The van der Waals surface area contributed by atoms with Crippen LogP contribution in [0, 0.1) is 0 Å². The zero-order valence-corrected chi connectivity index (χ0v) is 9.40. The van der Waals surface area contributed by atoms with E-state index in [0.717, 1.165) is 11.4 Å². The number of hydrogen-bond donors (Lipinski definition) is 2. The lowest BCUT2D eigenvalue weighted by Crippen LogP contribution is -2.13. The van der Waals surface area contributed by atoms with Crippen molar-refractivity contribution in [3.8, 4) is 0 Å². The van der Waals surface area contributed by atoms with Gasteiger partial charge in [-0.25, -0.2) is 0 Å². The van der Waals surface area contributed by atoms with Gasteiger partial charge in [0.25, 0.3) is 0 Å². The van der Waals surface area contributed by atoms with Crippen LogP contribution in [0.5, 0.6) is 0 Å². The third-order valence-electron chi connectivity index (χ3n) is 2.03. The SMILES string of the molecule is COC(C=Cc1ccc(CC(N)=O)[nH]1)OC. The van der Waals surface area contributed by atoms with Crippen LogP contribution in [-0.4, -0.2) is 31.4 Å². The van der Waals surface area contributed by atoms with Crippen LogP contribution in [0.25, 0.3) is 6.08 Å². The first-order valence-electron chi connectivity index (χ1n) is 4.85. The average Bonchev–Trinajstić information content (AvgIpc) is 2.66. The fourth-order valence-electron chi connectivity index (χ4n) is 1.28. The molecule has 0 fully saturated rings. The fourth-order valence-corrected chi connectivity index (χ4v) is 1.28. The van der Waals surface area contributed by atoms with Crippen LogP contribution in [-0.2, 0) is 20.7 Å². The van der Waals surface area contributed by atoms with Crippen molar-refractivity contribution in [1.29, 1.82) is 0 Å². The third-order valence-corrected chi connectivity index (χ3v) is 2.03. The molecular weight excluding hydrogens is 208 g/mol. The van der Waals surface area contributed by atoms with Gasteiger partial charge in [-0.3, -0.25) is 4.79 Å². The summed E-state index contributed by atoms with van der Waals surface area (Å²) >= 11 is 0. The number of methoxy groups -OCH3 is 2. The van der Waals surface area contributed by atoms with Gasteiger partial charge < -0.3 is 20.2 Å². The second-order valence-electron chi connectivity index (χ2n) is 3.28. The number of carbonyl (C=O) groups excluding carboxylic acids is 1. The Kier molecular flexibility index (Phi) is 4.75. The molecule has 0 aromatic carbocycles. The maximum Gasteiger partial charge on any atom is 0.223 e. The van der Waals surface area contributed by atoms with Gasteiger partial charge in [-0.05, 0) is 24.3 Å². The molecule has 1 aromatic rings. The molecule has 0 radical (unpaired) electrons. The molecule has 5 nitrogen and oxygen atoms in total. The average molecular weight is 224 g/mol. The quantitative estimate of drug-likeness (QED) is 0.697. The Labute approximate surface area is 94.2 Å². The summed E-state index contributed by atoms with van der Waals surface area (Å²) in [6, 6.07) is 3.68. The number of amides is 1. The number of ether oxygens (including phenoxy) is 2. The number of hydrogen-bond acceptors (Lipinski definition) is 3. The van der Waals surface area contributed by atoms with E-state index in [-0.39, 0.29) is 18.6 Å². The maximum atomic E-state index is 10.7. The number of primary amides is 1. The molecule has 0 saturated carbocycles. The highest BCUT2D eigenvalue weighted by Gasteiger charge is 2.01. The van der Waals surface area contributed by atoms with E-state index in [9.17, 15) is 4.79 Å². The Hall–Kier alpha value is -1.59. The normalized spacial score (nSPS) is 11.4. The number of rotatable bonds is 6. The molecule has 88 valence electrons. The first-order valence-corrected chi connectivity index (χ1v) is 4.85. The van der Waals surface area contributed by atoms with Crippen molar-refractivity contribution < 1.29 is 14.3 Å². The van der Waals surface area contributed by atoms with Crippen LogP contribution in [0.2, 0.25) is 0 Å². The van der Waals surface area contributed by atoms with Gasteiger partial charge in [0.15, 0.2) is 6.29 Å². The van der Waals surface area contributed by atoms with Crippen molar-refractivity contribution in [2.75, 3.05) is 14.2 Å². The van der Waals surface area contributed by atoms with E-state index in [2.05, 4.69) is 4.98 Å². The number of nitrogens with two attached hydrogens (primary N) is 1. The minimum absolute atomic E-state index is 0.214. The molecule has 1 aromatic heterocycles. The van der Waals surface area contributed by atoms with Gasteiger partial charge in [-0.2, -0.15) is 0 Å². The van der Waals surface area contributed by atoms with Crippen LogP contribution in [0.4, 0.5) is 0 Å². The van der Waals surface area contributed by atoms with E-state index >= 15 is 0 Å². The lowest BCUT2D eigenvalue weighted by atomic mass is 10.3. The second-order valence-corrected chi connectivity index (χ2v) is 3.28. The fraction of sp³-hybridized carbons (Fsp3) is 0.364. The van der Waals surface area contributed by atoms with Crippen molar-refractivity contribution in [3.63, 3.8) is 0 Å². The van der Waals surface area contributed by atoms with Crippen molar-refractivity contribution in [3.05, 3.63) is 29.6 Å². The summed E-state index contributed by atoms with van der Waals surface area (Å²) in [7, 11) is 3.12. The molecule has 16 heavy (non-hydrogen) atoms. The van der Waals surface area contributed by atoms with Crippen molar-refractivity contribution in [2.45, 2.75) is 12.7 Å². The molecule has 1 rings (SSSR count). The van der Waals surface area contributed by atoms with Crippen LogP contribution >= 0.6 is 0 Å². The Morgan fingerprint density at radius 1 is 1.50 bits per heavy atom. The number of aromatic amines is 1. The molecule has 0 spiro atoms. The molecule has 1 amide bonds. The largest absolute Gasteiger partial charge is 0.369 e. The molecule has 1 heterocycles. The zero-order chi connectivity index (χ0) is 12.0. The molecule has 5 heteroatoms. The Bertz CT molecular complexity index is 367. The lowest BCUT2D eigenvalue weighted by molar-refractivity contribution is -0.117. The molecule has 0 saturated heterocycles. The monoisotopic (exact) mass is 224 g/mol. The molecule has 3 N–H and O–H groups in total. The first-order chi connectivity index (χ1) is 7.65. The molecule has 0 unspecified atom stereocenters. The van der Waals surface area contributed by atoms with Crippen LogP contribution in [0.15, 0.2) is 18.2 Å². The molecule has 0 aliphatic carbocycles. The summed E-state index contributed by atoms with van der Waals surface area (Å²) in [5.41, 5.74) is 6.74. The van der Waals surface area contributed by atoms with E-state index in [0.29, 0.717) is 0 Å². The topological polar surface area (TPSA) is 77.3 Å². The van der Waals surface area contributed by atoms with Gasteiger partial charge in [0, 0.05) is 25.6 Å². The van der Waals surface area contributed by atoms with E-state index < -0.39 is 0 Å². The van der Waals surface area contributed by atoms with E-state index in [1.807, 2.05) is 18.2 Å². The van der Waals surface area contributed by atoms with Crippen molar-refractivity contribution in [1.82, 2.24) is 4.98 Å². The molecular formula is C11H16N2O3. The molecule has 0 bridgehead atoms. The van der Waals surface area contributed by atoms with Gasteiger partial charge in [-0.15, -0.1) is 0 Å². The second kappa shape index (κ2) is 6.09. The maximum absolute atomic E-state index is 10.7. The number of nitrogens with one attached hydrogen (secondary N) is 1. The predicted molar refractivity (Wildman–Crippen MR) is 60.5 cm³/mol. The highest BCUT2D eigenvalue weighted by atomic mass is 16.7. The standard InChI is InChI=1S/C11H16N2O3/c1-15-11(16-2)6-5-8-3-4-9(13-8)7-10(12)14/h3-6,11,13H,7H2,1-2H3,(H2,12,14). The summed E-state index contributed by atoms with van der Waals surface area (Å²) in [4.78, 5) is 13.7. The summed E-state index contributed by atoms with van der Waals surface area (Å²) in [6.45, 7) is 0. The molecule has 0 aliphatic rings. The third kappa shape index (κ3) is 3.88. The number of carbonyl (C=O) groups is 1. The highest BCUT2D eigenvalue weighted by molar-refractivity contribution is 5.76.